The Morgan fingerprint density at radius 2 is 2.11 bits per heavy atom. The zero-order chi connectivity index (χ0) is 13.1. The minimum Gasteiger partial charge on any atom is -0.496 e. The molecule has 0 aliphatic rings. The van der Waals surface area contributed by atoms with Crippen molar-refractivity contribution >= 4 is 17.4 Å². The van der Waals surface area contributed by atoms with Crippen LogP contribution >= 0.6 is 11.6 Å². The zero-order valence-corrected chi connectivity index (χ0v) is 11.1. The summed E-state index contributed by atoms with van der Waals surface area (Å²) in [4.78, 5) is 4.12. The molecule has 1 heterocycles. The van der Waals surface area contributed by atoms with Crippen molar-refractivity contribution in [2.24, 2.45) is 0 Å². The number of hydrogen-bond donors (Lipinski definition) is 1. The van der Waals surface area contributed by atoms with Crippen molar-refractivity contribution < 1.29 is 4.74 Å². The van der Waals surface area contributed by atoms with E-state index in [1.807, 2.05) is 13.0 Å². The van der Waals surface area contributed by atoms with E-state index in [1.165, 1.54) is 6.33 Å². The summed E-state index contributed by atoms with van der Waals surface area (Å²) in [5, 5.41) is 11.5. The summed E-state index contributed by atoms with van der Waals surface area (Å²) in [6, 6.07) is 3.63. The van der Waals surface area contributed by atoms with E-state index in [1.54, 1.807) is 20.2 Å². The number of anilines is 1. The maximum atomic E-state index is 6.08. The van der Waals surface area contributed by atoms with E-state index >= 15 is 0 Å². The Morgan fingerprint density at radius 1 is 1.33 bits per heavy atom. The number of methoxy groups -OCH3 is 1. The van der Waals surface area contributed by atoms with E-state index < -0.39 is 0 Å². The highest BCUT2D eigenvalue weighted by Gasteiger charge is 2.15. The number of ether oxygens (including phenoxy) is 1. The van der Waals surface area contributed by atoms with Crippen LogP contribution in [0.25, 0.3) is 11.3 Å². The molecule has 0 atom stereocenters. The predicted octanol–water partition coefficient (Wildman–Crippen LogP) is 2.55. The molecule has 0 spiro atoms. The Bertz CT molecular complexity index is 574. The molecule has 0 saturated carbocycles. The number of rotatable bonds is 3. The quantitative estimate of drug-likeness (QED) is 0.923. The largest absolute Gasteiger partial charge is 0.496 e. The van der Waals surface area contributed by atoms with Crippen LogP contribution in [0.1, 0.15) is 5.56 Å². The molecule has 2 aromatic rings. The highest BCUT2D eigenvalue weighted by molar-refractivity contribution is 6.31. The van der Waals surface area contributed by atoms with Gasteiger partial charge in [0.2, 0.25) is 0 Å². The molecule has 0 aliphatic heterocycles. The van der Waals surface area contributed by atoms with Crippen LogP contribution in [0.2, 0.25) is 5.02 Å². The van der Waals surface area contributed by atoms with Gasteiger partial charge in [-0.15, -0.1) is 10.2 Å². The lowest BCUT2D eigenvalue weighted by Crippen LogP contribution is -2.01. The van der Waals surface area contributed by atoms with Crippen LogP contribution in [-0.4, -0.2) is 29.3 Å². The van der Waals surface area contributed by atoms with E-state index in [9.17, 15) is 0 Å². The smallest absolute Gasteiger partial charge is 0.156 e. The molecule has 0 bridgehead atoms. The number of nitrogens with one attached hydrogen (secondary N) is 1. The Balaban J connectivity index is 2.70. The summed E-state index contributed by atoms with van der Waals surface area (Å²) in [7, 11) is 3.39. The van der Waals surface area contributed by atoms with Gasteiger partial charge in [-0.1, -0.05) is 11.6 Å². The maximum Gasteiger partial charge on any atom is 0.156 e. The van der Waals surface area contributed by atoms with Gasteiger partial charge < -0.3 is 10.1 Å². The lowest BCUT2D eigenvalue weighted by molar-refractivity contribution is 0.413. The molecule has 0 amide bonds. The number of aryl methyl sites for hydroxylation is 1. The second-order valence-corrected chi connectivity index (χ2v) is 4.15. The highest BCUT2D eigenvalue weighted by Crippen LogP contribution is 2.36. The fourth-order valence-corrected chi connectivity index (χ4v) is 2.09. The molecular weight excluding hydrogens is 252 g/mol. The van der Waals surface area contributed by atoms with Gasteiger partial charge in [0.15, 0.2) is 5.82 Å². The van der Waals surface area contributed by atoms with Crippen molar-refractivity contribution in [3.8, 4) is 17.0 Å². The molecule has 0 fully saturated rings. The molecule has 0 saturated heterocycles. The topological polar surface area (TPSA) is 59.9 Å². The van der Waals surface area contributed by atoms with Crippen LogP contribution in [0, 0.1) is 6.92 Å². The Hall–Kier alpha value is -1.88. The molecule has 0 unspecified atom stereocenters. The van der Waals surface area contributed by atoms with E-state index in [-0.39, 0.29) is 0 Å². The summed E-state index contributed by atoms with van der Waals surface area (Å²) < 4.78 is 5.40. The molecule has 18 heavy (non-hydrogen) atoms. The highest BCUT2D eigenvalue weighted by atomic mass is 35.5. The maximum absolute atomic E-state index is 6.08. The third-order valence-electron chi connectivity index (χ3n) is 2.56. The second kappa shape index (κ2) is 5.18. The van der Waals surface area contributed by atoms with Gasteiger partial charge in [-0.25, -0.2) is 4.98 Å². The minimum atomic E-state index is 0.613. The average molecular weight is 265 g/mol. The van der Waals surface area contributed by atoms with Gasteiger partial charge in [0.1, 0.15) is 17.8 Å². The van der Waals surface area contributed by atoms with Gasteiger partial charge in [-0.05, 0) is 24.6 Å². The van der Waals surface area contributed by atoms with Gasteiger partial charge in [0.05, 0.1) is 7.11 Å². The van der Waals surface area contributed by atoms with Crippen LogP contribution in [-0.2, 0) is 0 Å². The monoisotopic (exact) mass is 264 g/mol. The fourth-order valence-electron chi connectivity index (χ4n) is 1.82. The molecule has 5 nitrogen and oxygen atoms in total. The van der Waals surface area contributed by atoms with Crippen LogP contribution in [0.3, 0.4) is 0 Å². The Morgan fingerprint density at radius 3 is 2.78 bits per heavy atom. The first-order valence-corrected chi connectivity index (χ1v) is 5.75. The van der Waals surface area contributed by atoms with Crippen LogP contribution in [0.5, 0.6) is 5.75 Å². The first-order chi connectivity index (χ1) is 8.67. The first kappa shape index (κ1) is 12.6. The number of benzene rings is 1. The van der Waals surface area contributed by atoms with E-state index in [2.05, 4.69) is 20.5 Å². The van der Waals surface area contributed by atoms with Gasteiger partial charge in [0, 0.05) is 17.6 Å². The molecule has 0 radical (unpaired) electrons. The van der Waals surface area contributed by atoms with Crippen molar-refractivity contribution in [1.82, 2.24) is 15.2 Å². The van der Waals surface area contributed by atoms with Crippen LogP contribution < -0.4 is 10.1 Å². The zero-order valence-electron chi connectivity index (χ0n) is 10.4. The fraction of sp³-hybridized carbons (Fsp3) is 0.250. The first-order valence-electron chi connectivity index (χ1n) is 5.37. The second-order valence-electron chi connectivity index (χ2n) is 3.71. The standard InChI is InChI=1S/C12H13ClN4O/c1-7-4-8(13)5-9(11(7)18-3)10-12(14-2)15-6-16-17-10/h4-6H,1-3H3,(H,14,15,16). The number of aromatic nitrogens is 3. The minimum absolute atomic E-state index is 0.613. The van der Waals surface area contributed by atoms with Crippen molar-refractivity contribution in [3.63, 3.8) is 0 Å². The van der Waals surface area contributed by atoms with Gasteiger partial charge >= 0.3 is 0 Å². The SMILES string of the molecule is CNc1ncnnc1-c1cc(Cl)cc(C)c1OC. The third kappa shape index (κ3) is 2.22. The molecule has 1 aromatic carbocycles. The van der Waals surface area contributed by atoms with Crippen molar-refractivity contribution in [3.05, 3.63) is 29.0 Å². The van der Waals surface area contributed by atoms with Gasteiger partial charge in [0.25, 0.3) is 0 Å². The molecule has 6 heteroatoms. The normalized spacial score (nSPS) is 10.2. The molecule has 94 valence electrons. The van der Waals surface area contributed by atoms with Crippen LogP contribution in [0.15, 0.2) is 18.5 Å². The van der Waals surface area contributed by atoms with Gasteiger partial charge in [-0.3, -0.25) is 0 Å². The number of nitrogens with zero attached hydrogens (tertiary/aromatic N) is 3. The summed E-state index contributed by atoms with van der Waals surface area (Å²) >= 11 is 6.08. The van der Waals surface area contributed by atoms with E-state index in [4.69, 9.17) is 16.3 Å². The van der Waals surface area contributed by atoms with Crippen molar-refractivity contribution in [2.75, 3.05) is 19.5 Å². The average Bonchev–Trinajstić information content (AvgIpc) is 2.38. The van der Waals surface area contributed by atoms with Crippen LogP contribution in [0.4, 0.5) is 5.82 Å². The molecule has 1 aromatic heterocycles. The molecule has 0 aliphatic carbocycles. The molecule has 1 N–H and O–H groups in total. The molecule has 2 rings (SSSR count). The third-order valence-corrected chi connectivity index (χ3v) is 2.77. The Kier molecular flexibility index (Phi) is 3.62. The lowest BCUT2D eigenvalue weighted by atomic mass is 10.1. The Labute approximate surface area is 110 Å². The van der Waals surface area contributed by atoms with Crippen molar-refractivity contribution in [1.29, 1.82) is 0 Å². The van der Waals surface area contributed by atoms with E-state index in [0.717, 1.165) is 16.9 Å². The summed E-state index contributed by atoms with van der Waals surface area (Å²) in [5.41, 5.74) is 2.32. The summed E-state index contributed by atoms with van der Waals surface area (Å²) in [6.45, 7) is 1.93. The predicted molar refractivity (Wildman–Crippen MR) is 71.1 cm³/mol. The number of halogens is 1. The summed E-state index contributed by atoms with van der Waals surface area (Å²) in [5.74, 6) is 1.35. The molecular formula is C12H13ClN4O. The lowest BCUT2D eigenvalue weighted by Gasteiger charge is -2.13. The van der Waals surface area contributed by atoms with Gasteiger partial charge in [-0.2, -0.15) is 0 Å². The van der Waals surface area contributed by atoms with E-state index in [0.29, 0.717) is 16.5 Å². The summed E-state index contributed by atoms with van der Waals surface area (Å²) in [6.07, 6.45) is 1.39. The number of hydrogen-bond acceptors (Lipinski definition) is 5. The van der Waals surface area contributed by atoms with Crippen molar-refractivity contribution in [2.45, 2.75) is 6.92 Å².